The monoisotopic (exact) mass is 513 g/mol. The first-order valence-corrected chi connectivity index (χ1v) is 11.1. The molecule has 1 N–H and O–H groups in total. The highest BCUT2D eigenvalue weighted by Gasteiger charge is 2.57. The molecule has 2 fully saturated rings. The standard InChI is InChI=1S/C21H19F8N3OS/c1-18(8-20(25,26)9-18)10-32-14(13(21(27,28)29)15(31-32)19(24)5-6-19)16(33)30-11-3-2-4-12(7-11)34-17(22)23/h2-4,7,17H,5-6,8-10H2,1H3,(H,30,33). The minimum atomic E-state index is -5.15. The van der Waals surface area contributed by atoms with Gasteiger partial charge in [-0.3, -0.25) is 9.48 Å². The molecule has 34 heavy (non-hydrogen) atoms. The highest BCUT2D eigenvalue weighted by atomic mass is 32.2. The van der Waals surface area contributed by atoms with Gasteiger partial charge in [-0.15, -0.1) is 0 Å². The zero-order chi connectivity index (χ0) is 25.1. The summed E-state index contributed by atoms with van der Waals surface area (Å²) in [5, 5.41) is 5.98. The Hall–Kier alpha value is -2.31. The predicted octanol–water partition coefficient (Wildman–Crippen LogP) is 6.86. The Kier molecular flexibility index (Phi) is 5.93. The molecule has 0 atom stereocenters. The van der Waals surface area contributed by atoms with Crippen LogP contribution in [0.1, 0.15) is 54.4 Å². The lowest BCUT2D eigenvalue weighted by Crippen LogP contribution is -2.47. The molecule has 2 saturated carbocycles. The molecule has 13 heteroatoms. The fraction of sp³-hybridized carbons (Fsp3) is 0.524. The van der Waals surface area contributed by atoms with E-state index in [0.29, 0.717) is 4.68 Å². The first-order valence-electron chi connectivity index (χ1n) is 10.2. The van der Waals surface area contributed by atoms with Crippen LogP contribution in [0.5, 0.6) is 0 Å². The molecule has 0 saturated heterocycles. The average molecular weight is 513 g/mol. The van der Waals surface area contributed by atoms with E-state index in [1.807, 2.05) is 0 Å². The van der Waals surface area contributed by atoms with E-state index in [4.69, 9.17) is 0 Å². The average Bonchev–Trinajstić information content (AvgIpc) is 3.27. The van der Waals surface area contributed by atoms with Gasteiger partial charge in [0.15, 0.2) is 5.67 Å². The number of hydrogen-bond acceptors (Lipinski definition) is 3. The van der Waals surface area contributed by atoms with Crippen LogP contribution in [0.2, 0.25) is 0 Å². The number of rotatable bonds is 7. The lowest BCUT2D eigenvalue weighted by Gasteiger charge is -2.44. The van der Waals surface area contributed by atoms with E-state index in [2.05, 4.69) is 10.4 Å². The molecule has 1 amide bonds. The Balaban J connectivity index is 1.73. The SMILES string of the molecule is CC1(Cn2nc(C3(F)CC3)c(C(F)(F)F)c2C(=O)Nc2cccc(SC(F)F)c2)CC(F)(F)C1. The van der Waals surface area contributed by atoms with E-state index >= 15 is 0 Å². The molecule has 186 valence electrons. The van der Waals surface area contributed by atoms with Gasteiger partial charge < -0.3 is 5.32 Å². The van der Waals surface area contributed by atoms with Crippen molar-refractivity contribution in [2.24, 2.45) is 5.41 Å². The van der Waals surface area contributed by atoms with E-state index < -0.39 is 71.2 Å². The van der Waals surface area contributed by atoms with Crippen molar-refractivity contribution in [1.82, 2.24) is 9.78 Å². The number of halogens is 8. The molecule has 1 aromatic heterocycles. The third kappa shape index (κ3) is 5.03. The highest BCUT2D eigenvalue weighted by Crippen LogP contribution is 2.55. The smallest absolute Gasteiger partial charge is 0.321 e. The largest absolute Gasteiger partial charge is 0.420 e. The number of anilines is 1. The minimum absolute atomic E-state index is 0.0583. The summed E-state index contributed by atoms with van der Waals surface area (Å²) >= 11 is 0.177. The van der Waals surface area contributed by atoms with Gasteiger partial charge >= 0.3 is 6.18 Å². The number of thioether (sulfide) groups is 1. The van der Waals surface area contributed by atoms with Crippen molar-refractivity contribution in [3.63, 3.8) is 0 Å². The van der Waals surface area contributed by atoms with Gasteiger partial charge in [-0.25, -0.2) is 13.2 Å². The quantitative estimate of drug-likeness (QED) is 0.325. The molecule has 4 nitrogen and oxygen atoms in total. The Morgan fingerprint density at radius 1 is 1.21 bits per heavy atom. The third-order valence-corrected chi connectivity index (χ3v) is 6.49. The summed E-state index contributed by atoms with van der Waals surface area (Å²) in [7, 11) is 0. The van der Waals surface area contributed by atoms with Crippen LogP contribution < -0.4 is 5.32 Å². The maximum absolute atomic E-state index is 14.8. The molecule has 1 heterocycles. The number of benzene rings is 1. The molecule has 0 bridgehead atoms. The fourth-order valence-electron chi connectivity index (χ4n) is 4.35. The van der Waals surface area contributed by atoms with Gasteiger partial charge in [0.05, 0.1) is 0 Å². The Labute approximate surface area is 193 Å². The van der Waals surface area contributed by atoms with Gasteiger partial charge in [0.1, 0.15) is 17.0 Å². The van der Waals surface area contributed by atoms with Crippen LogP contribution >= 0.6 is 11.8 Å². The highest BCUT2D eigenvalue weighted by molar-refractivity contribution is 7.99. The molecule has 2 aliphatic rings. The molecule has 1 aromatic carbocycles. The summed E-state index contributed by atoms with van der Waals surface area (Å²) < 4.78 is 110. The molecule has 0 aliphatic heterocycles. The summed E-state index contributed by atoms with van der Waals surface area (Å²) in [4.78, 5) is 13.1. The fourth-order valence-corrected chi connectivity index (χ4v) is 4.90. The third-order valence-electron chi connectivity index (χ3n) is 5.78. The summed E-state index contributed by atoms with van der Waals surface area (Å²) in [5.74, 6) is -7.04. The molecule has 0 radical (unpaired) electrons. The second-order valence-corrected chi connectivity index (χ2v) is 10.1. The lowest BCUT2D eigenvalue weighted by atomic mass is 9.67. The summed E-state index contributed by atoms with van der Waals surface area (Å²) in [6.45, 7) is 0.972. The van der Waals surface area contributed by atoms with Crippen molar-refractivity contribution in [2.45, 2.75) is 67.6 Å². The lowest BCUT2D eigenvalue weighted by molar-refractivity contribution is -0.160. The normalized spacial score (nSPS) is 20.2. The molecular formula is C21H19F8N3OS. The van der Waals surface area contributed by atoms with Crippen LogP contribution in [-0.2, 0) is 18.4 Å². The predicted molar refractivity (Wildman–Crippen MR) is 108 cm³/mol. The van der Waals surface area contributed by atoms with Crippen LogP contribution in [0.4, 0.5) is 40.8 Å². The van der Waals surface area contributed by atoms with E-state index in [1.54, 1.807) is 0 Å². The van der Waals surface area contributed by atoms with Gasteiger partial charge in [-0.1, -0.05) is 24.8 Å². The van der Waals surface area contributed by atoms with E-state index in [1.165, 1.54) is 25.1 Å². The Bertz CT molecular complexity index is 1100. The number of hydrogen-bond donors (Lipinski definition) is 1. The second kappa shape index (κ2) is 8.13. The van der Waals surface area contributed by atoms with Crippen LogP contribution in [0.25, 0.3) is 0 Å². The number of alkyl halides is 8. The summed E-state index contributed by atoms with van der Waals surface area (Å²) in [5.41, 5.74) is -7.08. The van der Waals surface area contributed by atoms with Gasteiger partial charge in [0.2, 0.25) is 5.92 Å². The number of aromatic nitrogens is 2. The number of nitrogens with zero attached hydrogens (tertiary/aromatic N) is 2. The Morgan fingerprint density at radius 2 is 1.85 bits per heavy atom. The molecule has 4 rings (SSSR count). The zero-order valence-electron chi connectivity index (χ0n) is 17.7. The summed E-state index contributed by atoms with van der Waals surface area (Å²) in [6.07, 6.45) is -6.82. The van der Waals surface area contributed by atoms with Gasteiger partial charge in [0.25, 0.3) is 11.7 Å². The number of nitrogens with one attached hydrogen (secondary N) is 1. The molecule has 0 unspecified atom stereocenters. The van der Waals surface area contributed by atoms with E-state index in [0.717, 1.165) is 6.07 Å². The van der Waals surface area contributed by atoms with Crippen molar-refractivity contribution in [1.29, 1.82) is 0 Å². The van der Waals surface area contributed by atoms with Crippen molar-refractivity contribution in [3.8, 4) is 0 Å². The van der Waals surface area contributed by atoms with Crippen LogP contribution in [0.3, 0.4) is 0 Å². The molecule has 2 aliphatic carbocycles. The Morgan fingerprint density at radius 3 is 2.38 bits per heavy atom. The van der Waals surface area contributed by atoms with Crippen LogP contribution in [-0.4, -0.2) is 27.4 Å². The summed E-state index contributed by atoms with van der Waals surface area (Å²) in [6, 6.07) is 5.09. The number of carbonyl (C=O) groups excluding carboxylic acids is 1. The second-order valence-electron chi connectivity index (χ2n) is 9.07. The van der Waals surface area contributed by atoms with Crippen LogP contribution in [0.15, 0.2) is 29.2 Å². The van der Waals surface area contributed by atoms with Gasteiger partial charge in [0, 0.05) is 30.0 Å². The topological polar surface area (TPSA) is 46.9 Å². The van der Waals surface area contributed by atoms with Crippen molar-refractivity contribution in [2.75, 3.05) is 5.32 Å². The maximum Gasteiger partial charge on any atom is 0.420 e. The van der Waals surface area contributed by atoms with Crippen molar-refractivity contribution < 1.29 is 39.9 Å². The maximum atomic E-state index is 14.8. The van der Waals surface area contributed by atoms with Crippen molar-refractivity contribution >= 4 is 23.4 Å². The van der Waals surface area contributed by atoms with Gasteiger partial charge in [-0.05, 0) is 36.5 Å². The van der Waals surface area contributed by atoms with Gasteiger partial charge in [-0.2, -0.15) is 27.1 Å². The van der Waals surface area contributed by atoms with E-state index in [-0.39, 0.29) is 35.2 Å². The number of amides is 1. The molecule has 0 spiro atoms. The van der Waals surface area contributed by atoms with Crippen LogP contribution in [0, 0.1) is 5.41 Å². The zero-order valence-corrected chi connectivity index (χ0v) is 18.5. The first kappa shape index (κ1) is 24.8. The minimum Gasteiger partial charge on any atom is -0.321 e. The molecule has 2 aromatic rings. The first-order chi connectivity index (χ1) is 15.6. The van der Waals surface area contributed by atoms with Crippen molar-refractivity contribution in [3.05, 3.63) is 41.2 Å². The van der Waals surface area contributed by atoms with E-state index in [9.17, 15) is 39.9 Å². The molecular weight excluding hydrogens is 494 g/mol. The number of carbonyl (C=O) groups is 1.